The lowest BCUT2D eigenvalue weighted by Crippen LogP contribution is -2.44. The van der Waals surface area contributed by atoms with Gasteiger partial charge in [-0.15, -0.1) is 11.3 Å². The van der Waals surface area contributed by atoms with Crippen molar-refractivity contribution in [2.75, 3.05) is 0 Å². The number of nitrogens with zero attached hydrogens (tertiary/aromatic N) is 1. The molecular weight excluding hydrogens is 426 g/mol. The predicted octanol–water partition coefficient (Wildman–Crippen LogP) is 3.18. The van der Waals surface area contributed by atoms with Crippen LogP contribution in [0.25, 0.3) is 10.6 Å². The maximum Gasteiger partial charge on any atom is 0.329 e. The maximum absolute atomic E-state index is 12.5. The van der Waals surface area contributed by atoms with E-state index in [2.05, 4.69) is 10.3 Å². The zero-order valence-electron chi connectivity index (χ0n) is 15.7. The van der Waals surface area contributed by atoms with Gasteiger partial charge in [-0.1, -0.05) is 41.9 Å². The summed E-state index contributed by atoms with van der Waals surface area (Å²) >= 11 is 7.23. The Morgan fingerprint density at radius 2 is 1.80 bits per heavy atom. The van der Waals surface area contributed by atoms with Crippen molar-refractivity contribution in [3.8, 4) is 10.6 Å². The summed E-state index contributed by atoms with van der Waals surface area (Å²) in [7, 11) is 0. The smallest absolute Gasteiger partial charge is 0.329 e. The number of amides is 2. The van der Waals surface area contributed by atoms with E-state index in [0.717, 1.165) is 10.6 Å². The van der Waals surface area contributed by atoms with Crippen molar-refractivity contribution >= 4 is 40.7 Å². The molecule has 1 atom stereocenters. The standard InChI is InChI=1S/C21H18ClN3O4S/c22-15-8-6-13(7-9-15)19(27)25-17(10-18(23)26)21(28)29-11-16-12-30-20(24-16)14-4-2-1-3-5-14/h1-9,12,17H,10-11H2,(H2,23,26)(H,25,27). The minimum Gasteiger partial charge on any atom is -0.458 e. The molecule has 0 spiro atoms. The average molecular weight is 444 g/mol. The van der Waals surface area contributed by atoms with Gasteiger partial charge in [0.15, 0.2) is 0 Å². The van der Waals surface area contributed by atoms with Gasteiger partial charge in [-0.05, 0) is 24.3 Å². The van der Waals surface area contributed by atoms with Crippen LogP contribution in [0.5, 0.6) is 0 Å². The lowest BCUT2D eigenvalue weighted by Gasteiger charge is -2.16. The third-order valence-electron chi connectivity index (χ3n) is 4.04. The van der Waals surface area contributed by atoms with Gasteiger partial charge in [0.05, 0.1) is 12.1 Å². The van der Waals surface area contributed by atoms with Crippen LogP contribution in [0.15, 0.2) is 60.0 Å². The van der Waals surface area contributed by atoms with Crippen molar-refractivity contribution in [1.82, 2.24) is 10.3 Å². The van der Waals surface area contributed by atoms with E-state index in [1.807, 2.05) is 30.3 Å². The molecule has 0 aliphatic rings. The van der Waals surface area contributed by atoms with Crippen LogP contribution in [0.3, 0.4) is 0 Å². The van der Waals surface area contributed by atoms with Gasteiger partial charge in [0, 0.05) is 21.5 Å². The number of primary amides is 1. The number of halogens is 1. The number of rotatable bonds is 8. The van der Waals surface area contributed by atoms with Crippen LogP contribution in [0.1, 0.15) is 22.5 Å². The van der Waals surface area contributed by atoms with E-state index in [-0.39, 0.29) is 18.6 Å². The SMILES string of the molecule is NC(=O)CC(NC(=O)c1ccc(Cl)cc1)C(=O)OCc1csc(-c2ccccc2)n1. The maximum atomic E-state index is 12.5. The molecule has 2 aromatic carbocycles. The van der Waals surface area contributed by atoms with Crippen LogP contribution >= 0.6 is 22.9 Å². The second-order valence-corrected chi connectivity index (χ2v) is 7.62. The Morgan fingerprint density at radius 3 is 2.47 bits per heavy atom. The molecule has 0 saturated heterocycles. The fourth-order valence-electron chi connectivity index (χ4n) is 2.57. The molecule has 0 bridgehead atoms. The highest BCUT2D eigenvalue weighted by atomic mass is 35.5. The van der Waals surface area contributed by atoms with Crippen LogP contribution in [-0.4, -0.2) is 28.8 Å². The van der Waals surface area contributed by atoms with Crippen molar-refractivity contribution in [3.05, 3.63) is 76.3 Å². The predicted molar refractivity (Wildman–Crippen MR) is 114 cm³/mol. The lowest BCUT2D eigenvalue weighted by molar-refractivity contribution is -0.148. The van der Waals surface area contributed by atoms with Crippen molar-refractivity contribution in [1.29, 1.82) is 0 Å². The number of carbonyl (C=O) groups excluding carboxylic acids is 3. The topological polar surface area (TPSA) is 111 Å². The summed E-state index contributed by atoms with van der Waals surface area (Å²) in [5.74, 6) is -2.06. The van der Waals surface area contributed by atoms with Crippen LogP contribution in [0, 0.1) is 0 Å². The van der Waals surface area contributed by atoms with E-state index >= 15 is 0 Å². The fraction of sp³-hybridized carbons (Fsp3) is 0.143. The van der Waals surface area contributed by atoms with E-state index in [0.29, 0.717) is 10.7 Å². The zero-order chi connectivity index (χ0) is 21.5. The molecule has 0 aliphatic heterocycles. The molecule has 7 nitrogen and oxygen atoms in total. The Hall–Kier alpha value is -3.23. The third-order valence-corrected chi connectivity index (χ3v) is 5.23. The van der Waals surface area contributed by atoms with Gasteiger partial charge in [0.1, 0.15) is 17.7 Å². The number of ether oxygens (including phenoxy) is 1. The highest BCUT2D eigenvalue weighted by Gasteiger charge is 2.25. The summed E-state index contributed by atoms with van der Waals surface area (Å²) in [4.78, 5) is 40.6. The number of hydrogen-bond donors (Lipinski definition) is 2. The summed E-state index contributed by atoms with van der Waals surface area (Å²) in [5.41, 5.74) is 7.02. The normalized spacial score (nSPS) is 11.5. The van der Waals surface area contributed by atoms with E-state index in [1.54, 1.807) is 17.5 Å². The summed E-state index contributed by atoms with van der Waals surface area (Å²) in [6.07, 6.45) is -0.384. The molecule has 3 N–H and O–H groups in total. The first kappa shape index (κ1) is 21.5. The number of nitrogens with one attached hydrogen (secondary N) is 1. The molecular formula is C21H18ClN3O4S. The first-order valence-corrected chi connectivity index (χ1v) is 10.2. The monoisotopic (exact) mass is 443 g/mol. The summed E-state index contributed by atoms with van der Waals surface area (Å²) in [6, 6.07) is 14.5. The highest BCUT2D eigenvalue weighted by Crippen LogP contribution is 2.23. The minimum absolute atomic E-state index is 0.0890. The molecule has 0 fully saturated rings. The highest BCUT2D eigenvalue weighted by molar-refractivity contribution is 7.13. The lowest BCUT2D eigenvalue weighted by atomic mass is 10.1. The molecule has 3 rings (SSSR count). The largest absolute Gasteiger partial charge is 0.458 e. The van der Waals surface area contributed by atoms with Gasteiger partial charge < -0.3 is 15.8 Å². The van der Waals surface area contributed by atoms with Gasteiger partial charge in [0.25, 0.3) is 5.91 Å². The summed E-state index contributed by atoms with van der Waals surface area (Å²) in [6.45, 7) is -0.0890. The summed E-state index contributed by atoms with van der Waals surface area (Å²) in [5, 5.41) is 5.53. The minimum atomic E-state index is -1.21. The van der Waals surface area contributed by atoms with Gasteiger partial charge in [0.2, 0.25) is 5.91 Å². The van der Waals surface area contributed by atoms with Gasteiger partial charge in [-0.3, -0.25) is 9.59 Å². The first-order valence-electron chi connectivity index (χ1n) is 8.93. The Bertz CT molecular complexity index is 1040. The molecule has 9 heteroatoms. The van der Waals surface area contributed by atoms with Crippen LogP contribution < -0.4 is 11.1 Å². The number of hydrogen-bond acceptors (Lipinski definition) is 6. The number of thiazole rings is 1. The van der Waals surface area contributed by atoms with E-state index < -0.39 is 23.8 Å². The molecule has 154 valence electrons. The zero-order valence-corrected chi connectivity index (χ0v) is 17.3. The number of esters is 1. The van der Waals surface area contributed by atoms with Crippen LogP contribution in [0.2, 0.25) is 5.02 Å². The molecule has 0 saturated carbocycles. The second kappa shape index (κ2) is 10.00. The Morgan fingerprint density at radius 1 is 1.10 bits per heavy atom. The van der Waals surface area contributed by atoms with Gasteiger partial charge >= 0.3 is 5.97 Å². The third kappa shape index (κ3) is 5.88. The number of carbonyl (C=O) groups is 3. The van der Waals surface area contributed by atoms with Crippen molar-refractivity contribution in [2.24, 2.45) is 5.73 Å². The molecule has 1 heterocycles. The van der Waals surface area contributed by atoms with Crippen molar-refractivity contribution < 1.29 is 19.1 Å². The number of nitrogens with two attached hydrogens (primary N) is 1. The molecule has 0 radical (unpaired) electrons. The Balaban J connectivity index is 1.62. The molecule has 30 heavy (non-hydrogen) atoms. The summed E-state index contributed by atoms with van der Waals surface area (Å²) < 4.78 is 5.26. The number of benzene rings is 2. The molecule has 1 aromatic heterocycles. The van der Waals surface area contributed by atoms with Crippen molar-refractivity contribution in [2.45, 2.75) is 19.1 Å². The van der Waals surface area contributed by atoms with Crippen LogP contribution in [-0.2, 0) is 20.9 Å². The molecule has 0 aliphatic carbocycles. The number of aromatic nitrogens is 1. The van der Waals surface area contributed by atoms with Gasteiger partial charge in [-0.2, -0.15) is 0 Å². The molecule has 1 unspecified atom stereocenters. The van der Waals surface area contributed by atoms with E-state index in [4.69, 9.17) is 22.1 Å². The van der Waals surface area contributed by atoms with Crippen molar-refractivity contribution in [3.63, 3.8) is 0 Å². The van der Waals surface area contributed by atoms with Gasteiger partial charge in [-0.25, -0.2) is 9.78 Å². The fourth-order valence-corrected chi connectivity index (χ4v) is 3.51. The average Bonchev–Trinajstić information content (AvgIpc) is 3.21. The molecule has 3 aromatic rings. The first-order chi connectivity index (χ1) is 14.4. The van der Waals surface area contributed by atoms with Crippen LogP contribution in [0.4, 0.5) is 0 Å². The second-order valence-electron chi connectivity index (χ2n) is 6.32. The Kier molecular flexibility index (Phi) is 7.16. The van der Waals surface area contributed by atoms with E-state index in [9.17, 15) is 14.4 Å². The quantitative estimate of drug-likeness (QED) is 0.519. The van der Waals surface area contributed by atoms with E-state index in [1.165, 1.54) is 23.5 Å². The Labute approximate surface area is 181 Å². The molecule has 2 amide bonds.